The van der Waals surface area contributed by atoms with Gasteiger partial charge in [0.15, 0.2) is 14.8 Å². The summed E-state index contributed by atoms with van der Waals surface area (Å²) < 4.78 is 4.84. The summed E-state index contributed by atoms with van der Waals surface area (Å²) in [6.07, 6.45) is 0.967. The molecular formula is C29H27N3OS3. The monoisotopic (exact) mass is 529 g/mol. The highest BCUT2D eigenvalue weighted by Gasteiger charge is 2.19. The van der Waals surface area contributed by atoms with Crippen molar-refractivity contribution in [3.05, 3.63) is 109 Å². The van der Waals surface area contributed by atoms with Gasteiger partial charge >= 0.3 is 0 Å². The molecule has 0 amide bonds. The smallest absolute Gasteiger partial charge is 0.275 e. The Morgan fingerprint density at radius 2 is 1.53 bits per heavy atom. The van der Waals surface area contributed by atoms with Crippen molar-refractivity contribution in [2.24, 2.45) is 0 Å². The Balaban J connectivity index is 1.70. The first-order valence-corrected chi connectivity index (χ1v) is 14.1. The quantitative estimate of drug-likeness (QED) is 0.128. The highest BCUT2D eigenvalue weighted by Crippen LogP contribution is 2.30. The summed E-state index contributed by atoms with van der Waals surface area (Å²) in [6, 6.07) is 22.8. The predicted molar refractivity (Wildman–Crippen MR) is 155 cm³/mol. The molecule has 0 radical (unpaired) electrons. The maximum Gasteiger partial charge on any atom is 0.278 e. The normalized spacial score (nSPS) is 11.3. The molecule has 0 spiro atoms. The second-order valence-corrected chi connectivity index (χ2v) is 11.6. The molecule has 0 N–H and O–H groups in total. The molecule has 182 valence electrons. The van der Waals surface area contributed by atoms with E-state index in [0.717, 1.165) is 23.4 Å². The molecule has 0 saturated carbocycles. The number of nitrogens with zero attached hydrogens (tertiary/aromatic N) is 3. The Morgan fingerprint density at radius 1 is 0.889 bits per heavy atom. The lowest BCUT2D eigenvalue weighted by atomic mass is 10.1. The summed E-state index contributed by atoms with van der Waals surface area (Å²) >= 11 is 8.63. The number of aromatic nitrogens is 3. The van der Waals surface area contributed by atoms with Crippen LogP contribution >= 0.6 is 35.3 Å². The van der Waals surface area contributed by atoms with Gasteiger partial charge < -0.3 is 0 Å². The minimum absolute atomic E-state index is 0.0907. The minimum atomic E-state index is -0.0907. The Kier molecular flexibility index (Phi) is 6.97. The van der Waals surface area contributed by atoms with Gasteiger partial charge in [0, 0.05) is 11.4 Å². The third kappa shape index (κ3) is 4.71. The number of hydrogen-bond donors (Lipinski definition) is 0. The van der Waals surface area contributed by atoms with Crippen LogP contribution in [-0.2, 0) is 12.2 Å². The summed E-state index contributed by atoms with van der Waals surface area (Å²) in [5.41, 5.74) is 8.36. The molecule has 2 heterocycles. The molecule has 0 aliphatic rings. The van der Waals surface area contributed by atoms with Crippen LogP contribution in [0.5, 0.6) is 0 Å². The van der Waals surface area contributed by atoms with Crippen molar-refractivity contribution in [3.8, 4) is 11.4 Å². The lowest BCUT2D eigenvalue weighted by molar-refractivity contribution is 0.811. The second-order valence-electron chi connectivity index (χ2n) is 8.97. The van der Waals surface area contributed by atoms with Gasteiger partial charge in [-0.1, -0.05) is 83.6 Å². The zero-order valence-corrected chi connectivity index (χ0v) is 23.2. The standard InChI is InChI=1S/C29H27N3OS3/c1-5-21-9-14-23(15-10-21)31-26-25(36-29(31)34)27(33)32(24-12-7-18(2)8-13-24)28(30-26)35-17-22-11-6-19(3)16-20(22)4/h6-16H,5,17H2,1-4H3. The van der Waals surface area contributed by atoms with Crippen molar-refractivity contribution in [3.63, 3.8) is 0 Å². The molecule has 5 rings (SSSR count). The highest BCUT2D eigenvalue weighted by molar-refractivity contribution is 7.98. The zero-order chi connectivity index (χ0) is 25.4. The second kappa shape index (κ2) is 10.2. The third-order valence-electron chi connectivity index (χ3n) is 6.33. The number of benzene rings is 3. The van der Waals surface area contributed by atoms with Gasteiger partial charge in [-0.15, -0.1) is 0 Å². The van der Waals surface area contributed by atoms with Crippen LogP contribution in [0.2, 0.25) is 0 Å². The predicted octanol–water partition coefficient (Wildman–Crippen LogP) is 7.75. The van der Waals surface area contributed by atoms with Crippen LogP contribution in [0.25, 0.3) is 21.7 Å². The number of hydrogen-bond acceptors (Lipinski definition) is 5. The minimum Gasteiger partial charge on any atom is -0.275 e. The largest absolute Gasteiger partial charge is 0.278 e. The number of aryl methyl sites for hydroxylation is 4. The molecular weight excluding hydrogens is 503 g/mol. The maximum absolute atomic E-state index is 13.9. The van der Waals surface area contributed by atoms with E-state index in [1.54, 1.807) is 16.3 Å². The number of fused-ring (bicyclic) bond motifs is 1. The van der Waals surface area contributed by atoms with Crippen LogP contribution in [0.4, 0.5) is 0 Å². The Bertz CT molecular complexity index is 1680. The molecule has 0 fully saturated rings. The molecule has 0 bridgehead atoms. The molecule has 7 heteroatoms. The van der Waals surface area contributed by atoms with Gasteiger partial charge in [0.25, 0.3) is 5.56 Å². The molecule has 36 heavy (non-hydrogen) atoms. The van der Waals surface area contributed by atoms with E-state index >= 15 is 0 Å². The van der Waals surface area contributed by atoms with Gasteiger partial charge in [-0.2, -0.15) is 0 Å². The highest BCUT2D eigenvalue weighted by atomic mass is 32.2. The fourth-order valence-corrected chi connectivity index (χ4v) is 6.60. The molecule has 0 unspecified atom stereocenters. The summed E-state index contributed by atoms with van der Waals surface area (Å²) in [5.74, 6) is 0.714. The fourth-order valence-electron chi connectivity index (χ4n) is 4.21. The van der Waals surface area contributed by atoms with Gasteiger partial charge in [0.2, 0.25) is 0 Å². The van der Waals surface area contributed by atoms with Gasteiger partial charge in [0.05, 0.1) is 5.69 Å². The summed E-state index contributed by atoms with van der Waals surface area (Å²) in [6.45, 7) is 8.40. The molecule has 0 aliphatic carbocycles. The van der Waals surface area contributed by atoms with Crippen LogP contribution in [0.3, 0.4) is 0 Å². The third-order valence-corrected chi connectivity index (χ3v) is 8.67. The molecule has 5 aromatic rings. The first kappa shape index (κ1) is 24.7. The number of thioether (sulfide) groups is 1. The number of thiazole rings is 1. The van der Waals surface area contributed by atoms with Crippen LogP contribution in [0.15, 0.2) is 76.7 Å². The molecule has 4 nitrogen and oxygen atoms in total. The Labute approximate surface area is 224 Å². The SMILES string of the molecule is CCc1ccc(-n2c(=S)sc3c(=O)n(-c4ccc(C)cc4)c(SCc4ccc(C)cc4C)nc32)cc1. The van der Waals surface area contributed by atoms with E-state index in [0.29, 0.717) is 25.2 Å². The van der Waals surface area contributed by atoms with Crippen molar-refractivity contribution in [2.75, 3.05) is 0 Å². The topological polar surface area (TPSA) is 39.8 Å². The van der Waals surface area contributed by atoms with Crippen LogP contribution in [0.1, 0.15) is 34.7 Å². The van der Waals surface area contributed by atoms with E-state index in [1.807, 2.05) is 35.8 Å². The van der Waals surface area contributed by atoms with Crippen molar-refractivity contribution >= 4 is 45.7 Å². The van der Waals surface area contributed by atoms with Gasteiger partial charge in [-0.05, 0) is 80.4 Å². The van der Waals surface area contributed by atoms with E-state index in [2.05, 4.69) is 63.2 Å². The van der Waals surface area contributed by atoms with E-state index in [9.17, 15) is 4.79 Å². The van der Waals surface area contributed by atoms with E-state index in [4.69, 9.17) is 17.2 Å². The first-order chi connectivity index (χ1) is 17.4. The Hall–Kier alpha value is -3.00. The molecule has 0 aliphatic heterocycles. The van der Waals surface area contributed by atoms with Crippen LogP contribution in [0, 0.1) is 24.7 Å². The summed E-state index contributed by atoms with van der Waals surface area (Å²) in [5, 5.41) is 0.656. The lowest BCUT2D eigenvalue weighted by Gasteiger charge is -2.14. The average Bonchev–Trinajstić information content (AvgIpc) is 3.20. The van der Waals surface area contributed by atoms with Gasteiger partial charge in [-0.25, -0.2) is 4.98 Å². The zero-order valence-electron chi connectivity index (χ0n) is 20.7. The van der Waals surface area contributed by atoms with Crippen LogP contribution < -0.4 is 5.56 Å². The maximum atomic E-state index is 13.9. The first-order valence-electron chi connectivity index (χ1n) is 11.9. The summed E-state index contributed by atoms with van der Waals surface area (Å²) in [7, 11) is 0. The molecule has 0 atom stereocenters. The molecule has 2 aromatic heterocycles. The molecule has 0 saturated heterocycles. The van der Waals surface area contributed by atoms with Crippen molar-refractivity contribution in [2.45, 2.75) is 45.0 Å². The number of rotatable bonds is 6. The van der Waals surface area contributed by atoms with Crippen LogP contribution in [-0.4, -0.2) is 14.1 Å². The van der Waals surface area contributed by atoms with Crippen molar-refractivity contribution < 1.29 is 0 Å². The molecule has 3 aromatic carbocycles. The van der Waals surface area contributed by atoms with Crippen molar-refractivity contribution in [1.82, 2.24) is 14.1 Å². The Morgan fingerprint density at radius 3 is 2.19 bits per heavy atom. The fraction of sp³-hybridized carbons (Fsp3) is 0.207. The average molecular weight is 530 g/mol. The van der Waals surface area contributed by atoms with E-state index in [-0.39, 0.29) is 5.56 Å². The van der Waals surface area contributed by atoms with E-state index in [1.165, 1.54) is 33.6 Å². The van der Waals surface area contributed by atoms with Gasteiger partial charge in [0.1, 0.15) is 4.70 Å². The van der Waals surface area contributed by atoms with E-state index < -0.39 is 0 Å². The van der Waals surface area contributed by atoms with Crippen molar-refractivity contribution in [1.29, 1.82) is 0 Å². The lowest BCUT2D eigenvalue weighted by Crippen LogP contribution is -2.21. The van der Waals surface area contributed by atoms with Gasteiger partial charge in [-0.3, -0.25) is 13.9 Å². The summed E-state index contributed by atoms with van der Waals surface area (Å²) in [4.78, 5) is 19.0.